The molecule has 0 saturated carbocycles. The Labute approximate surface area is 225 Å². The topological polar surface area (TPSA) is 114 Å². The van der Waals surface area contributed by atoms with E-state index in [0.29, 0.717) is 46.0 Å². The van der Waals surface area contributed by atoms with Crippen molar-refractivity contribution < 1.29 is 28.9 Å². The van der Waals surface area contributed by atoms with Crippen molar-refractivity contribution in [2.45, 2.75) is 32.9 Å². The van der Waals surface area contributed by atoms with Crippen molar-refractivity contribution in [3.05, 3.63) is 83.4 Å². The van der Waals surface area contributed by atoms with Crippen LogP contribution in [0, 0.1) is 0 Å². The van der Waals surface area contributed by atoms with Gasteiger partial charge in [-0.3, -0.25) is 14.5 Å². The standard InChI is InChI=1S/C30H29N3O6/c1-5-38-24-16-19(12-15-23(24)37-4)26-25(27(34)18-10-13-20(14-11-18)39-17(2)3)28(35)29(36)33(26)30-31-21-8-6-7-9-22(21)32-30/h6-17,26,34H,5H2,1-4H3,(H,31,32)/b27-25+. The van der Waals surface area contributed by atoms with Crippen molar-refractivity contribution >= 4 is 34.4 Å². The number of anilines is 1. The highest BCUT2D eigenvalue weighted by Gasteiger charge is 2.48. The van der Waals surface area contributed by atoms with Crippen LogP contribution in [0.5, 0.6) is 17.2 Å². The van der Waals surface area contributed by atoms with E-state index in [0.717, 1.165) is 0 Å². The summed E-state index contributed by atoms with van der Waals surface area (Å²) >= 11 is 0. The quantitative estimate of drug-likeness (QED) is 0.180. The number of ketones is 1. The molecule has 3 aromatic carbocycles. The van der Waals surface area contributed by atoms with Crippen LogP contribution in [0.2, 0.25) is 0 Å². The monoisotopic (exact) mass is 527 g/mol. The summed E-state index contributed by atoms with van der Waals surface area (Å²) in [6, 6.07) is 18.2. The SMILES string of the molecule is CCOc1cc(C2/C(=C(\O)c3ccc(OC(C)C)cc3)C(=O)C(=O)N2c2nc3ccccc3[nH]2)ccc1OC. The molecule has 4 aromatic rings. The van der Waals surface area contributed by atoms with Crippen molar-refractivity contribution in [2.24, 2.45) is 0 Å². The predicted molar refractivity (Wildman–Crippen MR) is 147 cm³/mol. The zero-order valence-electron chi connectivity index (χ0n) is 22.1. The highest BCUT2D eigenvalue weighted by atomic mass is 16.5. The van der Waals surface area contributed by atoms with E-state index in [1.54, 1.807) is 42.5 Å². The lowest BCUT2D eigenvalue weighted by atomic mass is 9.95. The van der Waals surface area contributed by atoms with Crippen molar-refractivity contribution in [3.63, 3.8) is 0 Å². The fraction of sp³-hybridized carbons (Fsp3) is 0.233. The minimum atomic E-state index is -0.984. The highest BCUT2D eigenvalue weighted by molar-refractivity contribution is 6.51. The molecule has 9 heteroatoms. The van der Waals surface area contributed by atoms with Gasteiger partial charge < -0.3 is 24.3 Å². The number of para-hydroxylation sites is 2. The molecule has 1 saturated heterocycles. The zero-order chi connectivity index (χ0) is 27.7. The number of hydrogen-bond acceptors (Lipinski definition) is 7. The molecule has 9 nitrogen and oxygen atoms in total. The summed E-state index contributed by atoms with van der Waals surface area (Å²) in [6.07, 6.45) is -0.0202. The van der Waals surface area contributed by atoms with E-state index in [4.69, 9.17) is 14.2 Å². The van der Waals surface area contributed by atoms with Crippen LogP contribution in [0.3, 0.4) is 0 Å². The molecule has 0 aliphatic carbocycles. The Morgan fingerprint density at radius 2 is 1.79 bits per heavy atom. The number of carbonyl (C=O) groups excluding carboxylic acids is 2. The van der Waals surface area contributed by atoms with E-state index in [-0.39, 0.29) is 23.4 Å². The number of rotatable bonds is 8. The molecule has 200 valence electrons. The van der Waals surface area contributed by atoms with E-state index in [2.05, 4.69) is 9.97 Å². The maximum atomic E-state index is 13.5. The number of nitrogens with one attached hydrogen (secondary N) is 1. The summed E-state index contributed by atoms with van der Waals surface area (Å²) in [7, 11) is 1.53. The van der Waals surface area contributed by atoms with Crippen LogP contribution >= 0.6 is 0 Å². The van der Waals surface area contributed by atoms with E-state index >= 15 is 0 Å². The Morgan fingerprint density at radius 3 is 2.46 bits per heavy atom. The summed E-state index contributed by atoms with van der Waals surface area (Å²) < 4.78 is 16.9. The van der Waals surface area contributed by atoms with Crippen molar-refractivity contribution in [1.29, 1.82) is 0 Å². The van der Waals surface area contributed by atoms with Gasteiger partial charge in [0.2, 0.25) is 5.95 Å². The number of aliphatic hydroxyl groups is 1. The van der Waals surface area contributed by atoms with Gasteiger partial charge in [0.1, 0.15) is 11.5 Å². The number of ether oxygens (including phenoxy) is 3. The summed E-state index contributed by atoms with van der Waals surface area (Å²) in [6.45, 7) is 6.06. The molecule has 1 atom stereocenters. The van der Waals surface area contributed by atoms with Crippen LogP contribution in [0.25, 0.3) is 16.8 Å². The molecule has 1 aromatic heterocycles. The van der Waals surface area contributed by atoms with E-state index < -0.39 is 17.7 Å². The number of hydrogen-bond donors (Lipinski definition) is 2. The third kappa shape index (κ3) is 4.79. The van der Waals surface area contributed by atoms with Gasteiger partial charge in [0.05, 0.1) is 42.5 Å². The first-order chi connectivity index (χ1) is 18.8. The molecular weight excluding hydrogens is 498 g/mol. The van der Waals surface area contributed by atoms with Crippen LogP contribution in [0.15, 0.2) is 72.3 Å². The third-order valence-corrected chi connectivity index (χ3v) is 6.35. The third-order valence-electron chi connectivity index (χ3n) is 6.35. The summed E-state index contributed by atoms with van der Waals surface area (Å²) in [4.78, 5) is 36.0. The molecule has 39 heavy (non-hydrogen) atoms. The lowest BCUT2D eigenvalue weighted by Gasteiger charge is -2.24. The number of Topliss-reactive ketones (excluding diaryl/α,β-unsaturated/α-hetero) is 1. The van der Waals surface area contributed by atoms with Gasteiger partial charge in [-0.05, 0) is 74.9 Å². The number of amides is 1. The Kier molecular flexibility index (Phi) is 6.98. The number of H-pyrrole nitrogens is 1. The van der Waals surface area contributed by atoms with Gasteiger partial charge >= 0.3 is 5.91 Å². The Balaban J connectivity index is 1.69. The molecule has 2 heterocycles. The molecule has 0 radical (unpaired) electrons. The highest BCUT2D eigenvalue weighted by Crippen LogP contribution is 2.44. The maximum Gasteiger partial charge on any atom is 0.302 e. The fourth-order valence-corrected chi connectivity index (χ4v) is 4.67. The summed E-state index contributed by atoms with van der Waals surface area (Å²) in [5.41, 5.74) is 2.19. The average molecular weight is 528 g/mol. The number of aliphatic hydroxyl groups excluding tert-OH is 1. The van der Waals surface area contributed by atoms with Gasteiger partial charge in [-0.25, -0.2) is 4.98 Å². The first-order valence-corrected chi connectivity index (χ1v) is 12.7. The molecule has 1 fully saturated rings. The van der Waals surface area contributed by atoms with Gasteiger partial charge in [-0.2, -0.15) is 0 Å². The van der Waals surface area contributed by atoms with Crippen LogP contribution in [0.1, 0.15) is 37.9 Å². The second kappa shape index (κ2) is 10.5. The fourth-order valence-electron chi connectivity index (χ4n) is 4.67. The smallest absolute Gasteiger partial charge is 0.302 e. The van der Waals surface area contributed by atoms with E-state index in [9.17, 15) is 14.7 Å². The van der Waals surface area contributed by atoms with Gasteiger partial charge in [0.15, 0.2) is 11.5 Å². The molecule has 0 bridgehead atoms. The molecule has 1 amide bonds. The Bertz CT molecular complexity index is 1540. The van der Waals surface area contributed by atoms with Crippen LogP contribution in [0.4, 0.5) is 5.95 Å². The molecule has 5 rings (SSSR count). The number of aromatic nitrogens is 2. The van der Waals surface area contributed by atoms with Gasteiger partial charge in [0.25, 0.3) is 5.78 Å². The number of imidazole rings is 1. The molecule has 1 aliphatic heterocycles. The Hall–Kier alpha value is -4.79. The lowest BCUT2D eigenvalue weighted by molar-refractivity contribution is -0.132. The first-order valence-electron chi connectivity index (χ1n) is 12.7. The molecule has 0 spiro atoms. The Morgan fingerprint density at radius 1 is 1.05 bits per heavy atom. The number of nitrogens with zero attached hydrogens (tertiary/aromatic N) is 2. The van der Waals surface area contributed by atoms with Crippen molar-refractivity contribution in [1.82, 2.24) is 9.97 Å². The molecule has 2 N–H and O–H groups in total. The minimum absolute atomic E-state index is 0.0202. The second-order valence-corrected chi connectivity index (χ2v) is 9.28. The number of fused-ring (bicyclic) bond motifs is 1. The zero-order valence-corrected chi connectivity index (χ0v) is 22.1. The van der Waals surface area contributed by atoms with Gasteiger partial charge in [-0.15, -0.1) is 0 Å². The lowest BCUT2D eigenvalue weighted by Crippen LogP contribution is -2.30. The maximum absolute atomic E-state index is 13.5. The predicted octanol–water partition coefficient (Wildman–Crippen LogP) is 5.38. The molecule has 1 unspecified atom stereocenters. The molecular formula is C30H29N3O6. The van der Waals surface area contributed by atoms with Gasteiger partial charge in [0, 0.05) is 5.56 Å². The average Bonchev–Trinajstić information content (AvgIpc) is 3.47. The summed E-state index contributed by atoms with van der Waals surface area (Å²) in [5.74, 6) is -0.177. The molecule has 1 aliphatic rings. The van der Waals surface area contributed by atoms with Gasteiger partial charge in [-0.1, -0.05) is 18.2 Å². The largest absolute Gasteiger partial charge is 0.507 e. The number of carbonyl (C=O) groups is 2. The summed E-state index contributed by atoms with van der Waals surface area (Å²) in [5, 5.41) is 11.4. The van der Waals surface area contributed by atoms with E-state index in [1.807, 2.05) is 45.0 Å². The number of methoxy groups -OCH3 is 1. The minimum Gasteiger partial charge on any atom is -0.507 e. The van der Waals surface area contributed by atoms with Crippen molar-refractivity contribution in [2.75, 3.05) is 18.6 Å². The van der Waals surface area contributed by atoms with E-state index in [1.165, 1.54) is 12.0 Å². The first kappa shape index (κ1) is 25.8. The number of benzene rings is 3. The normalized spacial score (nSPS) is 16.7. The van der Waals surface area contributed by atoms with Crippen LogP contribution < -0.4 is 19.1 Å². The number of aromatic amines is 1. The van der Waals surface area contributed by atoms with Crippen LogP contribution in [-0.4, -0.2) is 46.6 Å². The van der Waals surface area contributed by atoms with Crippen LogP contribution in [-0.2, 0) is 9.59 Å². The second-order valence-electron chi connectivity index (χ2n) is 9.28. The van der Waals surface area contributed by atoms with Crippen molar-refractivity contribution in [3.8, 4) is 17.2 Å².